The third kappa shape index (κ3) is 2.39. The number of carboxylic acid groups (broad SMARTS) is 1. The van der Waals surface area contributed by atoms with Crippen molar-refractivity contribution in [1.29, 1.82) is 0 Å². The van der Waals surface area contributed by atoms with E-state index in [4.69, 9.17) is 9.84 Å². The van der Waals surface area contributed by atoms with Gasteiger partial charge in [0.25, 0.3) is 0 Å². The van der Waals surface area contributed by atoms with Crippen LogP contribution in [-0.4, -0.2) is 61.3 Å². The molecule has 0 aromatic carbocycles. The Labute approximate surface area is 106 Å². The molecule has 2 aliphatic rings. The number of carboxylic acids is 1. The van der Waals surface area contributed by atoms with Crippen molar-refractivity contribution in [3.8, 4) is 0 Å². The molecule has 1 saturated heterocycles. The van der Waals surface area contributed by atoms with Crippen LogP contribution in [0, 0.1) is 11.8 Å². The van der Waals surface area contributed by atoms with E-state index < -0.39 is 30.0 Å². The molecule has 2 aliphatic heterocycles. The predicted molar refractivity (Wildman–Crippen MR) is 64.0 cm³/mol. The van der Waals surface area contributed by atoms with Crippen LogP contribution in [0.3, 0.4) is 0 Å². The Morgan fingerprint density at radius 1 is 1.28 bits per heavy atom. The van der Waals surface area contributed by atoms with E-state index in [9.17, 15) is 9.59 Å². The van der Waals surface area contributed by atoms with E-state index in [0.29, 0.717) is 6.54 Å². The summed E-state index contributed by atoms with van der Waals surface area (Å²) in [6.07, 6.45) is 2.65. The second-order valence-corrected chi connectivity index (χ2v) is 4.93. The van der Waals surface area contributed by atoms with Crippen molar-refractivity contribution in [1.82, 2.24) is 10.2 Å². The van der Waals surface area contributed by atoms with Gasteiger partial charge in [-0.3, -0.25) is 9.59 Å². The van der Waals surface area contributed by atoms with Crippen molar-refractivity contribution >= 4 is 11.9 Å². The number of carbonyl (C=O) groups is 2. The third-order valence-electron chi connectivity index (χ3n) is 3.35. The van der Waals surface area contributed by atoms with Gasteiger partial charge in [0.15, 0.2) is 0 Å². The van der Waals surface area contributed by atoms with Crippen molar-refractivity contribution < 1.29 is 19.4 Å². The predicted octanol–water partition coefficient (Wildman–Crippen LogP) is -0.682. The van der Waals surface area contributed by atoms with Crippen LogP contribution in [-0.2, 0) is 14.3 Å². The number of rotatable bonds is 5. The first-order chi connectivity index (χ1) is 8.50. The highest BCUT2D eigenvalue weighted by atomic mass is 16.5. The summed E-state index contributed by atoms with van der Waals surface area (Å²) < 4.78 is 5.44. The maximum Gasteiger partial charge on any atom is 0.310 e. The number of nitrogens with zero attached hydrogens (tertiary/aromatic N) is 1. The van der Waals surface area contributed by atoms with Crippen LogP contribution in [0.5, 0.6) is 0 Å². The van der Waals surface area contributed by atoms with Gasteiger partial charge in [-0.25, -0.2) is 0 Å². The molecule has 6 nitrogen and oxygen atoms in total. The minimum atomic E-state index is -0.973. The number of nitrogens with one attached hydrogen (secondary N) is 1. The van der Waals surface area contributed by atoms with Gasteiger partial charge >= 0.3 is 5.97 Å². The van der Waals surface area contributed by atoms with Crippen LogP contribution in [0.15, 0.2) is 12.2 Å². The van der Waals surface area contributed by atoms with Crippen molar-refractivity contribution in [3.63, 3.8) is 0 Å². The summed E-state index contributed by atoms with van der Waals surface area (Å²) >= 11 is 0. The van der Waals surface area contributed by atoms with Crippen LogP contribution < -0.4 is 5.32 Å². The molecule has 2 bridgehead atoms. The van der Waals surface area contributed by atoms with Gasteiger partial charge in [-0.05, 0) is 14.1 Å². The number of carbonyl (C=O) groups excluding carboxylic acids is 1. The molecular formula is C12H18N2O4. The van der Waals surface area contributed by atoms with E-state index in [0.717, 1.165) is 6.54 Å². The van der Waals surface area contributed by atoms with Gasteiger partial charge in [-0.15, -0.1) is 0 Å². The van der Waals surface area contributed by atoms with Gasteiger partial charge in [-0.1, -0.05) is 12.2 Å². The lowest BCUT2D eigenvalue weighted by Gasteiger charge is -2.21. The average molecular weight is 254 g/mol. The highest BCUT2D eigenvalue weighted by molar-refractivity contribution is 5.87. The Morgan fingerprint density at radius 2 is 1.89 bits per heavy atom. The minimum absolute atomic E-state index is 0.235. The first-order valence-corrected chi connectivity index (χ1v) is 5.99. The normalized spacial score (nSPS) is 33.1. The highest BCUT2D eigenvalue weighted by Crippen LogP contribution is 2.39. The van der Waals surface area contributed by atoms with Crippen molar-refractivity contribution in [2.75, 3.05) is 27.2 Å². The smallest absolute Gasteiger partial charge is 0.310 e. The zero-order chi connectivity index (χ0) is 13.3. The molecule has 0 aliphatic carbocycles. The molecule has 4 atom stereocenters. The Kier molecular flexibility index (Phi) is 3.68. The van der Waals surface area contributed by atoms with Gasteiger partial charge in [0, 0.05) is 13.1 Å². The monoisotopic (exact) mass is 254 g/mol. The average Bonchev–Trinajstić information content (AvgIpc) is 2.87. The number of ether oxygens (including phenoxy) is 1. The molecule has 6 heteroatoms. The summed E-state index contributed by atoms with van der Waals surface area (Å²) in [6.45, 7) is 1.23. The molecule has 18 heavy (non-hydrogen) atoms. The zero-order valence-electron chi connectivity index (χ0n) is 10.5. The number of aliphatic carboxylic acids is 1. The van der Waals surface area contributed by atoms with Crippen molar-refractivity contribution in [3.05, 3.63) is 12.2 Å². The molecule has 100 valence electrons. The molecule has 2 N–H and O–H groups in total. The number of hydrogen-bond acceptors (Lipinski definition) is 4. The van der Waals surface area contributed by atoms with Crippen molar-refractivity contribution in [2.45, 2.75) is 12.2 Å². The Hall–Kier alpha value is -1.40. The summed E-state index contributed by atoms with van der Waals surface area (Å²) in [5.41, 5.74) is 0. The zero-order valence-corrected chi connectivity index (χ0v) is 10.5. The topological polar surface area (TPSA) is 78.9 Å². The largest absolute Gasteiger partial charge is 0.481 e. The van der Waals surface area contributed by atoms with Gasteiger partial charge in [0.1, 0.15) is 5.92 Å². The molecule has 2 heterocycles. The summed E-state index contributed by atoms with van der Waals surface area (Å²) in [6, 6.07) is 0. The quantitative estimate of drug-likeness (QED) is 0.635. The second-order valence-electron chi connectivity index (χ2n) is 4.93. The SMILES string of the molecule is CN(C)CCNC(=O)C1C(C(=O)O)[C@@H]2C=C[C@H]1O2. The molecule has 1 amide bonds. The fraction of sp³-hybridized carbons (Fsp3) is 0.667. The summed E-state index contributed by atoms with van der Waals surface area (Å²) in [5.74, 6) is -2.58. The molecular weight excluding hydrogens is 236 g/mol. The number of likely N-dealkylation sites (N-methyl/N-ethyl adjacent to an activating group) is 1. The lowest BCUT2D eigenvalue weighted by atomic mass is 9.82. The van der Waals surface area contributed by atoms with Crippen LogP contribution in [0.2, 0.25) is 0 Å². The summed E-state index contributed by atoms with van der Waals surface area (Å²) in [5, 5.41) is 11.9. The van der Waals surface area contributed by atoms with Crippen LogP contribution >= 0.6 is 0 Å². The van der Waals surface area contributed by atoms with E-state index in [1.807, 2.05) is 19.0 Å². The molecule has 0 aromatic heterocycles. The molecule has 0 spiro atoms. The number of hydrogen-bond donors (Lipinski definition) is 2. The molecule has 0 aromatic rings. The van der Waals surface area contributed by atoms with E-state index >= 15 is 0 Å². The summed E-state index contributed by atoms with van der Waals surface area (Å²) in [7, 11) is 3.82. The van der Waals surface area contributed by atoms with E-state index in [2.05, 4.69) is 5.32 Å². The molecule has 0 saturated carbocycles. The van der Waals surface area contributed by atoms with Crippen molar-refractivity contribution in [2.24, 2.45) is 11.8 Å². The minimum Gasteiger partial charge on any atom is -0.481 e. The lowest BCUT2D eigenvalue weighted by molar-refractivity contribution is -0.146. The van der Waals surface area contributed by atoms with E-state index in [1.54, 1.807) is 12.2 Å². The van der Waals surface area contributed by atoms with Gasteiger partial charge in [0.2, 0.25) is 5.91 Å². The first-order valence-electron chi connectivity index (χ1n) is 5.99. The number of amides is 1. The van der Waals surface area contributed by atoms with Gasteiger partial charge in [-0.2, -0.15) is 0 Å². The fourth-order valence-corrected chi connectivity index (χ4v) is 2.44. The van der Waals surface area contributed by atoms with Gasteiger partial charge in [0.05, 0.1) is 18.1 Å². The fourth-order valence-electron chi connectivity index (χ4n) is 2.44. The maximum atomic E-state index is 12.0. The third-order valence-corrected chi connectivity index (χ3v) is 3.35. The standard InChI is InChI=1S/C12H18N2O4/c1-14(2)6-5-13-11(15)9-7-3-4-8(18-7)10(9)12(16)17/h3-4,7-10H,5-6H2,1-2H3,(H,13,15)(H,16,17)/t7-,8+,9?,10?/m1/s1. The molecule has 2 rings (SSSR count). The summed E-state index contributed by atoms with van der Waals surface area (Å²) in [4.78, 5) is 25.2. The van der Waals surface area contributed by atoms with Crippen LogP contribution in [0.4, 0.5) is 0 Å². The Bertz CT molecular complexity index is 380. The van der Waals surface area contributed by atoms with E-state index in [1.165, 1.54) is 0 Å². The number of fused-ring (bicyclic) bond motifs is 2. The Morgan fingerprint density at radius 3 is 2.44 bits per heavy atom. The van der Waals surface area contributed by atoms with Crippen LogP contribution in [0.25, 0.3) is 0 Å². The molecule has 0 radical (unpaired) electrons. The van der Waals surface area contributed by atoms with E-state index in [-0.39, 0.29) is 5.91 Å². The lowest BCUT2D eigenvalue weighted by Crippen LogP contribution is -2.44. The van der Waals surface area contributed by atoms with Crippen LogP contribution in [0.1, 0.15) is 0 Å². The van der Waals surface area contributed by atoms with Gasteiger partial charge < -0.3 is 20.1 Å². The second kappa shape index (κ2) is 5.07. The highest BCUT2D eigenvalue weighted by Gasteiger charge is 2.53. The first kappa shape index (κ1) is 13.0. The Balaban J connectivity index is 1.96. The molecule has 2 unspecified atom stereocenters. The molecule has 1 fully saturated rings. The maximum absolute atomic E-state index is 12.0.